The van der Waals surface area contributed by atoms with Crippen molar-refractivity contribution in [3.05, 3.63) is 28.7 Å². The number of nitrogens with two attached hydrogens (primary N) is 1. The highest BCUT2D eigenvalue weighted by Crippen LogP contribution is 2.27. The minimum absolute atomic E-state index is 0.0686. The van der Waals surface area contributed by atoms with Crippen molar-refractivity contribution in [2.75, 3.05) is 24.7 Å². The Bertz CT molecular complexity index is 718. The van der Waals surface area contributed by atoms with Gasteiger partial charge in [-0.05, 0) is 25.0 Å². The second-order valence-electron chi connectivity index (χ2n) is 5.38. The van der Waals surface area contributed by atoms with Gasteiger partial charge in [0.05, 0.1) is 11.9 Å². The molecule has 0 spiro atoms. The molecular formula is C15H18BrN5O2S. The van der Waals surface area contributed by atoms with Crippen molar-refractivity contribution in [2.24, 2.45) is 0 Å². The van der Waals surface area contributed by atoms with Crippen LogP contribution < -0.4 is 11.2 Å². The Hall–Kier alpha value is -1.58. The molecule has 1 saturated heterocycles. The maximum absolute atomic E-state index is 11.9. The molecule has 0 bridgehead atoms. The number of rotatable bonds is 6. The van der Waals surface area contributed by atoms with E-state index in [1.807, 2.05) is 24.3 Å². The van der Waals surface area contributed by atoms with Gasteiger partial charge in [0.15, 0.2) is 5.82 Å². The molecule has 0 radical (unpaired) electrons. The van der Waals surface area contributed by atoms with Crippen LogP contribution in [0, 0.1) is 0 Å². The van der Waals surface area contributed by atoms with E-state index in [2.05, 4.69) is 31.4 Å². The molecule has 128 valence electrons. The molecule has 0 saturated carbocycles. The van der Waals surface area contributed by atoms with Crippen LogP contribution >= 0.6 is 27.7 Å². The molecule has 7 nitrogen and oxygen atoms in total. The first-order chi connectivity index (χ1) is 11.6. The zero-order valence-corrected chi connectivity index (χ0v) is 15.3. The summed E-state index contributed by atoms with van der Waals surface area (Å²) < 4.78 is 7.76. The fraction of sp³-hybridized carbons (Fsp3) is 0.400. The van der Waals surface area contributed by atoms with Crippen LogP contribution in [0.1, 0.15) is 12.8 Å². The lowest BCUT2D eigenvalue weighted by Gasteiger charge is -2.10. The summed E-state index contributed by atoms with van der Waals surface area (Å²) in [5, 5.41) is 11.6. The van der Waals surface area contributed by atoms with Gasteiger partial charge in [-0.2, -0.15) is 0 Å². The van der Waals surface area contributed by atoms with Gasteiger partial charge < -0.3 is 15.9 Å². The molecule has 1 amide bonds. The van der Waals surface area contributed by atoms with Crippen LogP contribution in [0.25, 0.3) is 11.4 Å². The molecule has 0 aliphatic carbocycles. The smallest absolute Gasteiger partial charge is 0.230 e. The first-order valence-electron chi connectivity index (χ1n) is 7.61. The summed E-state index contributed by atoms with van der Waals surface area (Å²) >= 11 is 4.73. The first-order valence-corrected chi connectivity index (χ1v) is 9.39. The van der Waals surface area contributed by atoms with Crippen molar-refractivity contribution in [3.8, 4) is 11.4 Å². The molecular weight excluding hydrogens is 394 g/mol. The fourth-order valence-corrected chi connectivity index (χ4v) is 3.56. The van der Waals surface area contributed by atoms with E-state index in [-0.39, 0.29) is 17.8 Å². The fourth-order valence-electron chi connectivity index (χ4n) is 2.42. The van der Waals surface area contributed by atoms with Crippen molar-refractivity contribution < 1.29 is 9.53 Å². The summed E-state index contributed by atoms with van der Waals surface area (Å²) in [7, 11) is 0. The molecule has 24 heavy (non-hydrogen) atoms. The largest absolute Gasteiger partial charge is 0.376 e. The molecule has 1 fully saturated rings. The third-order valence-corrected chi connectivity index (χ3v) is 5.30. The van der Waals surface area contributed by atoms with Gasteiger partial charge in [0.25, 0.3) is 0 Å². The first kappa shape index (κ1) is 17.2. The highest BCUT2D eigenvalue weighted by atomic mass is 79.9. The number of carbonyl (C=O) groups excluding carboxylic acids is 1. The number of thioether (sulfide) groups is 1. The Morgan fingerprint density at radius 1 is 1.46 bits per heavy atom. The maximum Gasteiger partial charge on any atom is 0.230 e. The zero-order valence-electron chi connectivity index (χ0n) is 12.9. The van der Waals surface area contributed by atoms with Crippen LogP contribution in [-0.4, -0.2) is 45.8 Å². The second-order valence-corrected chi connectivity index (χ2v) is 7.18. The molecule has 1 aliphatic heterocycles. The van der Waals surface area contributed by atoms with E-state index in [0.717, 1.165) is 29.5 Å². The van der Waals surface area contributed by atoms with E-state index < -0.39 is 0 Å². The third kappa shape index (κ3) is 4.08. The summed E-state index contributed by atoms with van der Waals surface area (Å²) in [5.41, 5.74) is 0.849. The molecule has 1 aromatic heterocycles. The Balaban J connectivity index is 1.56. The highest BCUT2D eigenvalue weighted by molar-refractivity contribution is 9.10. The van der Waals surface area contributed by atoms with Crippen molar-refractivity contribution >= 4 is 33.6 Å². The molecule has 9 heteroatoms. The number of ether oxygens (including phenoxy) is 1. The van der Waals surface area contributed by atoms with Crippen LogP contribution in [0.2, 0.25) is 0 Å². The number of nitrogens with one attached hydrogen (secondary N) is 1. The van der Waals surface area contributed by atoms with E-state index in [4.69, 9.17) is 10.6 Å². The number of carbonyl (C=O) groups is 1. The van der Waals surface area contributed by atoms with Crippen molar-refractivity contribution in [2.45, 2.75) is 24.1 Å². The summed E-state index contributed by atoms with van der Waals surface area (Å²) in [6, 6.07) is 7.63. The Labute approximate surface area is 152 Å². The zero-order chi connectivity index (χ0) is 16.9. The molecule has 1 aromatic carbocycles. The normalized spacial score (nSPS) is 17.1. The van der Waals surface area contributed by atoms with Crippen LogP contribution in [0.4, 0.5) is 0 Å². The predicted octanol–water partition coefficient (Wildman–Crippen LogP) is 1.81. The standard InChI is InChI=1S/C15H18BrN5O2S/c16-12-6-2-1-5-11(12)14-19-20-15(21(14)17)24-9-13(22)18-8-10-4-3-7-23-10/h1-2,5-6,10H,3-4,7-9,17H2,(H,18,22)/t10-/m1/s1. The third-order valence-electron chi connectivity index (χ3n) is 3.66. The lowest BCUT2D eigenvalue weighted by Crippen LogP contribution is -2.33. The summed E-state index contributed by atoms with van der Waals surface area (Å²) in [5.74, 6) is 6.77. The average Bonchev–Trinajstić information content (AvgIpc) is 3.22. The van der Waals surface area contributed by atoms with Gasteiger partial charge in [-0.25, -0.2) is 4.68 Å². The van der Waals surface area contributed by atoms with Gasteiger partial charge >= 0.3 is 0 Å². The Morgan fingerprint density at radius 3 is 3.04 bits per heavy atom. The van der Waals surface area contributed by atoms with E-state index in [0.29, 0.717) is 17.5 Å². The van der Waals surface area contributed by atoms with Crippen molar-refractivity contribution in [1.29, 1.82) is 0 Å². The van der Waals surface area contributed by atoms with Gasteiger partial charge in [-0.15, -0.1) is 10.2 Å². The van der Waals surface area contributed by atoms with E-state index in [9.17, 15) is 4.79 Å². The summed E-state index contributed by atoms with van der Waals surface area (Å²) in [6.45, 7) is 1.33. The molecule has 1 atom stereocenters. The average molecular weight is 412 g/mol. The lowest BCUT2D eigenvalue weighted by molar-refractivity contribution is -0.119. The topological polar surface area (TPSA) is 95.1 Å². The van der Waals surface area contributed by atoms with Crippen LogP contribution in [0.15, 0.2) is 33.9 Å². The van der Waals surface area contributed by atoms with Gasteiger partial charge in [-0.3, -0.25) is 4.79 Å². The summed E-state index contributed by atoms with van der Waals surface area (Å²) in [6.07, 6.45) is 2.20. The van der Waals surface area contributed by atoms with E-state index in [1.165, 1.54) is 16.4 Å². The molecule has 2 aromatic rings. The van der Waals surface area contributed by atoms with Gasteiger partial charge in [0.2, 0.25) is 11.1 Å². The monoisotopic (exact) mass is 411 g/mol. The molecule has 2 heterocycles. The van der Waals surface area contributed by atoms with Crippen molar-refractivity contribution in [3.63, 3.8) is 0 Å². The van der Waals surface area contributed by atoms with Crippen molar-refractivity contribution in [1.82, 2.24) is 20.2 Å². The molecule has 3 N–H and O–H groups in total. The number of halogens is 1. The lowest BCUT2D eigenvalue weighted by atomic mass is 10.2. The second kappa shape index (κ2) is 8.00. The minimum atomic E-state index is -0.0686. The molecule has 3 rings (SSSR count). The number of amides is 1. The van der Waals surface area contributed by atoms with Crippen LogP contribution in [-0.2, 0) is 9.53 Å². The number of aromatic nitrogens is 3. The number of nitrogen functional groups attached to an aromatic ring is 1. The number of nitrogens with zero attached hydrogens (tertiary/aromatic N) is 3. The molecule has 0 unspecified atom stereocenters. The van der Waals surface area contributed by atoms with Crippen LogP contribution in [0.5, 0.6) is 0 Å². The summed E-state index contributed by atoms with van der Waals surface area (Å²) in [4.78, 5) is 11.9. The Kier molecular flexibility index (Phi) is 5.75. The number of benzene rings is 1. The van der Waals surface area contributed by atoms with E-state index in [1.54, 1.807) is 0 Å². The highest BCUT2D eigenvalue weighted by Gasteiger charge is 2.18. The van der Waals surface area contributed by atoms with Gasteiger partial charge in [0.1, 0.15) is 0 Å². The van der Waals surface area contributed by atoms with Gasteiger partial charge in [0, 0.05) is 23.2 Å². The van der Waals surface area contributed by atoms with Crippen LogP contribution in [0.3, 0.4) is 0 Å². The number of hydrogen-bond donors (Lipinski definition) is 2. The number of hydrogen-bond acceptors (Lipinski definition) is 6. The molecule has 1 aliphatic rings. The van der Waals surface area contributed by atoms with Gasteiger partial charge in [-0.1, -0.05) is 39.8 Å². The minimum Gasteiger partial charge on any atom is -0.376 e. The quantitative estimate of drug-likeness (QED) is 0.555. The van der Waals surface area contributed by atoms with E-state index >= 15 is 0 Å². The Morgan fingerprint density at radius 2 is 2.29 bits per heavy atom. The predicted molar refractivity (Wildman–Crippen MR) is 96.0 cm³/mol. The maximum atomic E-state index is 11.9. The SMILES string of the molecule is Nn1c(SCC(=O)NC[C@H]2CCCO2)nnc1-c1ccccc1Br.